The van der Waals surface area contributed by atoms with Gasteiger partial charge >= 0.3 is 0 Å². The average molecular weight is 374 g/mol. The van der Waals surface area contributed by atoms with Gasteiger partial charge in [0.05, 0.1) is 6.20 Å². The molecule has 0 N–H and O–H groups in total. The summed E-state index contributed by atoms with van der Waals surface area (Å²) in [5.74, 6) is 0.913. The molecule has 0 spiro atoms. The summed E-state index contributed by atoms with van der Waals surface area (Å²) >= 11 is 2.49. The SMILES string of the molecule is CCCC(I)c1cncc(OC[C@@H]2CCCN2C)c1. The van der Waals surface area contributed by atoms with Crippen molar-refractivity contribution in [2.24, 2.45) is 0 Å². The second-order valence-electron chi connectivity index (χ2n) is 5.30. The molecule has 3 nitrogen and oxygen atoms in total. The van der Waals surface area contributed by atoms with Crippen molar-refractivity contribution in [2.75, 3.05) is 20.2 Å². The van der Waals surface area contributed by atoms with Crippen molar-refractivity contribution in [3.05, 3.63) is 24.0 Å². The Bertz CT molecular complexity index is 399. The van der Waals surface area contributed by atoms with Gasteiger partial charge in [-0.3, -0.25) is 4.98 Å². The second kappa shape index (κ2) is 7.43. The molecule has 0 aromatic carbocycles. The molecule has 2 rings (SSSR count). The number of aromatic nitrogens is 1. The van der Waals surface area contributed by atoms with Crippen molar-refractivity contribution in [1.82, 2.24) is 9.88 Å². The van der Waals surface area contributed by atoms with Crippen LogP contribution in [-0.2, 0) is 0 Å². The van der Waals surface area contributed by atoms with Crippen molar-refractivity contribution in [2.45, 2.75) is 42.6 Å². The van der Waals surface area contributed by atoms with Gasteiger partial charge in [-0.15, -0.1) is 0 Å². The van der Waals surface area contributed by atoms with E-state index in [1.165, 1.54) is 37.8 Å². The largest absolute Gasteiger partial charge is 0.490 e. The maximum absolute atomic E-state index is 5.92. The van der Waals surface area contributed by atoms with Crippen LogP contribution in [0.5, 0.6) is 5.75 Å². The van der Waals surface area contributed by atoms with E-state index in [-0.39, 0.29) is 0 Å². The normalized spacial score (nSPS) is 21.5. The monoisotopic (exact) mass is 374 g/mol. The molecule has 1 aromatic heterocycles. The van der Waals surface area contributed by atoms with E-state index in [0.29, 0.717) is 9.97 Å². The third kappa shape index (κ3) is 4.31. The molecule has 0 amide bonds. The first-order valence-electron chi connectivity index (χ1n) is 7.12. The van der Waals surface area contributed by atoms with Crippen molar-refractivity contribution in [3.63, 3.8) is 0 Å². The zero-order chi connectivity index (χ0) is 13.7. The van der Waals surface area contributed by atoms with Gasteiger partial charge in [-0.25, -0.2) is 0 Å². The maximum Gasteiger partial charge on any atom is 0.137 e. The van der Waals surface area contributed by atoms with Gasteiger partial charge in [-0.05, 0) is 44.5 Å². The highest BCUT2D eigenvalue weighted by Crippen LogP contribution is 2.29. The Hall–Kier alpha value is -0.360. The Kier molecular flexibility index (Phi) is 5.88. The van der Waals surface area contributed by atoms with Gasteiger partial charge in [0.25, 0.3) is 0 Å². The molecule has 106 valence electrons. The highest BCUT2D eigenvalue weighted by Gasteiger charge is 2.21. The Morgan fingerprint density at radius 2 is 2.37 bits per heavy atom. The lowest BCUT2D eigenvalue weighted by Gasteiger charge is -2.20. The Labute approximate surface area is 129 Å². The fraction of sp³-hybridized carbons (Fsp3) is 0.667. The van der Waals surface area contributed by atoms with Crippen LogP contribution in [0.25, 0.3) is 0 Å². The minimum atomic E-state index is 0.535. The van der Waals surface area contributed by atoms with Gasteiger partial charge in [0.2, 0.25) is 0 Å². The molecule has 1 unspecified atom stereocenters. The zero-order valence-electron chi connectivity index (χ0n) is 11.8. The number of ether oxygens (including phenoxy) is 1. The predicted molar refractivity (Wildman–Crippen MR) is 87.1 cm³/mol. The lowest BCUT2D eigenvalue weighted by Crippen LogP contribution is -2.30. The molecule has 1 aromatic rings. The first-order valence-corrected chi connectivity index (χ1v) is 8.37. The summed E-state index contributed by atoms with van der Waals surface area (Å²) in [6, 6.07) is 2.71. The van der Waals surface area contributed by atoms with E-state index in [2.05, 4.69) is 52.5 Å². The molecule has 1 fully saturated rings. The molecule has 2 heterocycles. The van der Waals surface area contributed by atoms with Crippen LogP contribution in [0.4, 0.5) is 0 Å². The van der Waals surface area contributed by atoms with E-state index < -0.39 is 0 Å². The quantitative estimate of drug-likeness (QED) is 0.559. The van der Waals surface area contributed by atoms with Crippen LogP contribution in [0.2, 0.25) is 0 Å². The molecule has 4 heteroatoms. The maximum atomic E-state index is 5.92. The summed E-state index contributed by atoms with van der Waals surface area (Å²) in [7, 11) is 2.18. The Morgan fingerprint density at radius 3 is 3.05 bits per heavy atom. The van der Waals surface area contributed by atoms with E-state index in [4.69, 9.17) is 4.74 Å². The van der Waals surface area contributed by atoms with E-state index in [1.54, 1.807) is 0 Å². The lowest BCUT2D eigenvalue weighted by molar-refractivity contribution is 0.197. The number of rotatable bonds is 6. The lowest BCUT2D eigenvalue weighted by atomic mass is 10.1. The van der Waals surface area contributed by atoms with Crippen LogP contribution >= 0.6 is 22.6 Å². The fourth-order valence-electron chi connectivity index (χ4n) is 2.49. The highest BCUT2D eigenvalue weighted by atomic mass is 127. The molecule has 1 saturated heterocycles. The van der Waals surface area contributed by atoms with E-state index >= 15 is 0 Å². The van der Waals surface area contributed by atoms with Crippen LogP contribution < -0.4 is 4.74 Å². The van der Waals surface area contributed by atoms with Gasteiger partial charge in [-0.1, -0.05) is 35.9 Å². The summed E-state index contributed by atoms with van der Waals surface area (Å²) in [6.45, 7) is 4.19. The zero-order valence-corrected chi connectivity index (χ0v) is 14.0. The van der Waals surface area contributed by atoms with Gasteiger partial charge in [-0.2, -0.15) is 0 Å². The molecule has 19 heavy (non-hydrogen) atoms. The Morgan fingerprint density at radius 1 is 1.53 bits per heavy atom. The average Bonchev–Trinajstić information content (AvgIpc) is 2.82. The van der Waals surface area contributed by atoms with Gasteiger partial charge in [0.15, 0.2) is 0 Å². The predicted octanol–water partition coefficient (Wildman–Crippen LogP) is 3.83. The molecule has 0 bridgehead atoms. The summed E-state index contributed by atoms with van der Waals surface area (Å²) in [5, 5.41) is 0. The van der Waals surface area contributed by atoms with E-state index in [1.807, 2.05) is 12.4 Å². The Balaban J connectivity index is 1.91. The minimum Gasteiger partial charge on any atom is -0.490 e. The second-order valence-corrected chi connectivity index (χ2v) is 6.80. The van der Waals surface area contributed by atoms with Crippen molar-refractivity contribution in [3.8, 4) is 5.75 Å². The first-order chi connectivity index (χ1) is 9.20. The van der Waals surface area contributed by atoms with Crippen LogP contribution in [0.1, 0.15) is 42.1 Å². The van der Waals surface area contributed by atoms with E-state index in [0.717, 1.165) is 12.4 Å². The molecule has 0 aliphatic carbocycles. The van der Waals surface area contributed by atoms with Gasteiger partial charge < -0.3 is 9.64 Å². The fourth-order valence-corrected chi connectivity index (χ4v) is 3.45. The number of alkyl halides is 1. The van der Waals surface area contributed by atoms with Crippen molar-refractivity contribution >= 4 is 22.6 Å². The number of hydrogen-bond acceptors (Lipinski definition) is 3. The van der Waals surface area contributed by atoms with Crippen LogP contribution in [0.3, 0.4) is 0 Å². The molecule has 0 saturated carbocycles. The number of likely N-dealkylation sites (N-methyl/N-ethyl adjacent to an activating group) is 1. The molecule has 1 aliphatic heterocycles. The van der Waals surface area contributed by atoms with Crippen LogP contribution in [-0.4, -0.2) is 36.1 Å². The first kappa shape index (κ1) is 15.0. The number of likely N-dealkylation sites (tertiary alicyclic amines) is 1. The van der Waals surface area contributed by atoms with Crippen LogP contribution in [0, 0.1) is 0 Å². The molecule has 1 aliphatic rings. The molecular weight excluding hydrogens is 351 g/mol. The van der Waals surface area contributed by atoms with Gasteiger partial charge in [0.1, 0.15) is 12.4 Å². The highest BCUT2D eigenvalue weighted by molar-refractivity contribution is 14.1. The van der Waals surface area contributed by atoms with Crippen LogP contribution in [0.15, 0.2) is 18.5 Å². The number of nitrogens with zero attached hydrogens (tertiary/aromatic N) is 2. The summed E-state index contributed by atoms with van der Waals surface area (Å²) in [4.78, 5) is 6.69. The van der Waals surface area contributed by atoms with Gasteiger partial charge in [0, 0.05) is 16.2 Å². The summed E-state index contributed by atoms with van der Waals surface area (Å²) in [5.41, 5.74) is 1.28. The third-order valence-corrected chi connectivity index (χ3v) is 5.09. The molecule has 2 atom stereocenters. The topological polar surface area (TPSA) is 25.4 Å². The summed E-state index contributed by atoms with van der Waals surface area (Å²) in [6.07, 6.45) is 8.71. The standard InChI is InChI=1S/C15H23IN2O/c1-3-5-15(16)12-8-14(10-17-9-12)19-11-13-6-4-7-18(13)2/h8-10,13,15H,3-7,11H2,1-2H3/t13-,15?/m0/s1. The molecular formula is C15H23IN2O. The summed E-state index contributed by atoms with van der Waals surface area (Å²) < 4.78 is 6.46. The van der Waals surface area contributed by atoms with E-state index in [9.17, 15) is 0 Å². The number of pyridine rings is 1. The van der Waals surface area contributed by atoms with Crippen molar-refractivity contribution < 1.29 is 4.74 Å². The molecule has 0 radical (unpaired) electrons. The van der Waals surface area contributed by atoms with Crippen molar-refractivity contribution in [1.29, 1.82) is 0 Å². The smallest absolute Gasteiger partial charge is 0.137 e. The number of hydrogen-bond donors (Lipinski definition) is 0. The minimum absolute atomic E-state index is 0.535. The third-order valence-electron chi connectivity index (χ3n) is 3.75. The number of halogens is 1.